The van der Waals surface area contributed by atoms with E-state index in [1.165, 1.54) is 51.4 Å². The quantitative estimate of drug-likeness (QED) is 0.234. The van der Waals surface area contributed by atoms with Gasteiger partial charge in [0.1, 0.15) is 3.66 Å². The molecule has 28 heavy (non-hydrogen) atoms. The van der Waals surface area contributed by atoms with Gasteiger partial charge in [-0.25, -0.2) is 0 Å². The Labute approximate surface area is 183 Å². The van der Waals surface area contributed by atoms with Crippen LogP contribution in [0, 0.1) is 29.1 Å². The van der Waals surface area contributed by atoms with E-state index in [1.807, 2.05) is 38.1 Å². The van der Waals surface area contributed by atoms with Gasteiger partial charge in [0, 0.05) is 10.3 Å². The Morgan fingerprint density at radius 1 is 0.964 bits per heavy atom. The molecule has 1 aliphatic rings. The van der Waals surface area contributed by atoms with Crippen LogP contribution in [0.4, 0.5) is 0 Å². The van der Waals surface area contributed by atoms with E-state index >= 15 is 0 Å². The molecule has 1 aliphatic carbocycles. The van der Waals surface area contributed by atoms with E-state index < -0.39 is 19.9 Å². The first-order valence-electron chi connectivity index (χ1n) is 10.9. The maximum absolute atomic E-state index is 13.4. The van der Waals surface area contributed by atoms with Crippen molar-refractivity contribution < 1.29 is 4.21 Å². The molecule has 0 aliphatic heterocycles. The van der Waals surface area contributed by atoms with Crippen molar-refractivity contribution in [3.8, 4) is 6.07 Å². The first kappa shape index (κ1) is 23.6. The van der Waals surface area contributed by atoms with E-state index in [0.717, 1.165) is 23.3 Å². The van der Waals surface area contributed by atoms with Crippen LogP contribution >= 0.6 is 15.9 Å². The highest BCUT2D eigenvalue weighted by atomic mass is 79.9. The summed E-state index contributed by atoms with van der Waals surface area (Å²) in [7, 11) is -1.26. The number of hydrogen-bond donors (Lipinski definition) is 0. The molecule has 0 aromatic heterocycles. The summed E-state index contributed by atoms with van der Waals surface area (Å²) >= 11 is 3.81. The Kier molecular flexibility index (Phi) is 8.35. The predicted octanol–water partition coefficient (Wildman–Crippen LogP) is 7.66. The molecule has 2 nitrogen and oxygen atoms in total. The third-order valence-electron chi connectivity index (χ3n) is 6.89. The van der Waals surface area contributed by atoms with Crippen LogP contribution in [-0.2, 0) is 10.8 Å². The minimum absolute atomic E-state index is 0.272. The fraction of sp³-hybridized carbons (Fsp3) is 0.708. The van der Waals surface area contributed by atoms with Crippen LogP contribution in [0.1, 0.15) is 90.5 Å². The van der Waals surface area contributed by atoms with Crippen LogP contribution < -0.4 is 0 Å². The van der Waals surface area contributed by atoms with E-state index in [9.17, 15) is 9.47 Å². The SMILES string of the molecule is CCCCCCCCCCCC1(C)C(C)(C#N)C1(Br)S(=O)c1ccc(C)cc1. The van der Waals surface area contributed by atoms with Crippen LogP contribution in [0.5, 0.6) is 0 Å². The molecule has 1 aromatic rings. The summed E-state index contributed by atoms with van der Waals surface area (Å²) in [5, 5.41) is 9.91. The number of nitrogens with zero attached hydrogens (tertiary/aromatic N) is 1. The molecule has 0 amide bonds. The number of halogens is 1. The number of aryl methyl sites for hydroxylation is 1. The molecular weight excluding hydrogens is 430 g/mol. The van der Waals surface area contributed by atoms with Crippen LogP contribution in [0.2, 0.25) is 0 Å². The van der Waals surface area contributed by atoms with Gasteiger partial charge in [-0.05, 0) is 32.4 Å². The minimum Gasteiger partial charge on any atom is -0.253 e. The van der Waals surface area contributed by atoms with Gasteiger partial charge in [-0.2, -0.15) is 5.26 Å². The van der Waals surface area contributed by atoms with Crippen molar-refractivity contribution in [3.05, 3.63) is 29.8 Å². The average Bonchev–Trinajstić information content (AvgIpc) is 3.09. The Morgan fingerprint density at radius 2 is 1.46 bits per heavy atom. The third-order valence-corrected chi connectivity index (χ3v) is 11.5. The maximum atomic E-state index is 13.4. The summed E-state index contributed by atoms with van der Waals surface area (Å²) in [5.74, 6) is 0. The van der Waals surface area contributed by atoms with E-state index in [4.69, 9.17) is 0 Å². The van der Waals surface area contributed by atoms with Crippen molar-refractivity contribution in [1.29, 1.82) is 5.26 Å². The van der Waals surface area contributed by atoms with E-state index in [2.05, 4.69) is 35.8 Å². The minimum atomic E-state index is -1.26. The first-order valence-corrected chi connectivity index (χ1v) is 12.8. The molecule has 0 radical (unpaired) electrons. The van der Waals surface area contributed by atoms with Crippen molar-refractivity contribution in [2.45, 2.75) is 100 Å². The van der Waals surface area contributed by atoms with Crippen LogP contribution in [0.3, 0.4) is 0 Å². The third kappa shape index (κ3) is 4.26. The molecule has 0 N–H and O–H groups in total. The second kappa shape index (κ2) is 9.90. The lowest BCUT2D eigenvalue weighted by Gasteiger charge is -2.16. The zero-order valence-electron chi connectivity index (χ0n) is 18.0. The second-order valence-corrected chi connectivity index (χ2v) is 12.2. The van der Waals surface area contributed by atoms with Crippen LogP contribution in [-0.4, -0.2) is 7.87 Å². The molecule has 0 spiro atoms. The van der Waals surface area contributed by atoms with Gasteiger partial charge in [0.15, 0.2) is 0 Å². The van der Waals surface area contributed by atoms with Gasteiger partial charge < -0.3 is 0 Å². The van der Waals surface area contributed by atoms with E-state index in [1.54, 1.807) is 0 Å². The Hall–Kier alpha value is -0.660. The Morgan fingerprint density at radius 3 is 1.96 bits per heavy atom. The zero-order valence-corrected chi connectivity index (χ0v) is 20.4. The fourth-order valence-electron chi connectivity index (χ4n) is 4.49. The van der Waals surface area contributed by atoms with Crippen LogP contribution in [0.25, 0.3) is 0 Å². The number of benzene rings is 1. The molecule has 4 unspecified atom stereocenters. The number of rotatable bonds is 12. The highest BCUT2D eigenvalue weighted by molar-refractivity contribution is 9.11. The van der Waals surface area contributed by atoms with Gasteiger partial charge in [0.2, 0.25) is 0 Å². The summed E-state index contributed by atoms with van der Waals surface area (Å²) in [6.45, 7) is 8.40. The molecule has 1 fully saturated rings. The van der Waals surface area contributed by atoms with Gasteiger partial charge in [0.05, 0.1) is 22.3 Å². The molecule has 0 bridgehead atoms. The molecule has 1 saturated carbocycles. The number of nitriles is 1. The maximum Gasteiger partial charge on any atom is 0.131 e. The number of unbranched alkanes of at least 4 members (excludes halogenated alkanes) is 8. The number of hydrogen-bond acceptors (Lipinski definition) is 2. The lowest BCUT2D eigenvalue weighted by atomic mass is 9.91. The number of alkyl halides is 1. The van der Waals surface area contributed by atoms with Gasteiger partial charge >= 0.3 is 0 Å². The molecule has 156 valence electrons. The lowest BCUT2D eigenvalue weighted by molar-refractivity contribution is 0.400. The summed E-state index contributed by atoms with van der Waals surface area (Å²) in [4.78, 5) is 0.805. The Balaban J connectivity index is 1.91. The normalized spacial score (nSPS) is 30.0. The van der Waals surface area contributed by atoms with Crippen molar-refractivity contribution in [3.63, 3.8) is 0 Å². The van der Waals surface area contributed by atoms with E-state index in [0.29, 0.717) is 0 Å². The highest BCUT2D eigenvalue weighted by Gasteiger charge is 2.85. The summed E-state index contributed by atoms with van der Waals surface area (Å²) in [5.41, 5.74) is 0.266. The average molecular weight is 467 g/mol. The summed E-state index contributed by atoms with van der Waals surface area (Å²) in [6.07, 6.45) is 12.5. The van der Waals surface area contributed by atoms with E-state index in [-0.39, 0.29) is 5.41 Å². The highest BCUT2D eigenvalue weighted by Crippen LogP contribution is 2.80. The standard InChI is InChI=1S/C24H36BrNOS/c1-5-6-7-8-9-10-11-12-13-18-22(3)23(4,19-26)24(22,25)28(27)21-16-14-20(2)15-17-21/h14-17H,5-13,18H2,1-4H3. The van der Waals surface area contributed by atoms with Crippen LogP contribution in [0.15, 0.2) is 29.2 Å². The summed E-state index contributed by atoms with van der Waals surface area (Å²) < 4.78 is 12.7. The first-order chi connectivity index (χ1) is 13.3. The molecule has 0 heterocycles. The largest absolute Gasteiger partial charge is 0.253 e. The van der Waals surface area contributed by atoms with Crippen molar-refractivity contribution >= 4 is 26.7 Å². The molecular formula is C24H36BrNOS. The smallest absolute Gasteiger partial charge is 0.131 e. The lowest BCUT2D eigenvalue weighted by Crippen LogP contribution is -2.19. The predicted molar refractivity (Wildman–Crippen MR) is 123 cm³/mol. The van der Waals surface area contributed by atoms with Gasteiger partial charge in [-0.1, -0.05) is 105 Å². The fourth-order valence-corrected chi connectivity index (χ4v) is 8.09. The van der Waals surface area contributed by atoms with Gasteiger partial charge in [-0.3, -0.25) is 4.21 Å². The zero-order chi connectivity index (χ0) is 20.8. The monoisotopic (exact) mass is 465 g/mol. The topological polar surface area (TPSA) is 40.9 Å². The molecule has 1 aromatic carbocycles. The molecule has 0 saturated heterocycles. The molecule has 4 heteroatoms. The van der Waals surface area contributed by atoms with Gasteiger partial charge in [-0.15, -0.1) is 0 Å². The molecule has 2 rings (SSSR count). The molecule has 4 atom stereocenters. The van der Waals surface area contributed by atoms with Gasteiger partial charge in [0.25, 0.3) is 0 Å². The van der Waals surface area contributed by atoms with Crippen molar-refractivity contribution in [1.82, 2.24) is 0 Å². The van der Waals surface area contributed by atoms with Crippen molar-refractivity contribution in [2.24, 2.45) is 10.8 Å². The Bertz CT molecular complexity index is 712. The summed E-state index contributed by atoms with van der Waals surface area (Å²) in [6, 6.07) is 10.4. The second-order valence-electron chi connectivity index (χ2n) is 8.82. The van der Waals surface area contributed by atoms with Crippen molar-refractivity contribution in [2.75, 3.05) is 0 Å².